The molecule has 1 aliphatic heterocycles. The Morgan fingerprint density at radius 1 is 0.967 bits per heavy atom. The maximum Gasteiger partial charge on any atom is 0.246 e. The van der Waals surface area contributed by atoms with Gasteiger partial charge in [0.15, 0.2) is 0 Å². The Kier molecular flexibility index (Phi) is 6.35. The molecule has 6 nitrogen and oxygen atoms in total. The second-order valence-corrected chi connectivity index (χ2v) is 7.75. The van der Waals surface area contributed by atoms with Crippen LogP contribution in [0.4, 0.5) is 0 Å². The summed E-state index contributed by atoms with van der Waals surface area (Å²) in [5.74, 6) is 0.0304. The first-order valence-corrected chi connectivity index (χ1v) is 10.3. The van der Waals surface area contributed by atoms with Crippen molar-refractivity contribution in [2.24, 2.45) is 0 Å². The highest BCUT2D eigenvalue weighted by molar-refractivity contribution is 5.91. The van der Waals surface area contributed by atoms with Crippen molar-refractivity contribution in [3.63, 3.8) is 0 Å². The Morgan fingerprint density at radius 2 is 1.73 bits per heavy atom. The lowest BCUT2D eigenvalue weighted by Gasteiger charge is -2.34. The van der Waals surface area contributed by atoms with E-state index >= 15 is 0 Å². The van der Waals surface area contributed by atoms with Crippen molar-refractivity contribution in [2.45, 2.75) is 20.0 Å². The molecule has 0 N–H and O–H groups in total. The third-order valence-electron chi connectivity index (χ3n) is 5.31. The molecule has 1 amide bonds. The topological polar surface area (TPSA) is 54.3 Å². The summed E-state index contributed by atoms with van der Waals surface area (Å²) in [6, 6.07) is 18.7. The molecular formula is C24H27N5O. The van der Waals surface area contributed by atoms with Gasteiger partial charge in [0.05, 0.1) is 12.7 Å². The highest BCUT2D eigenvalue weighted by atomic mass is 16.2. The summed E-state index contributed by atoms with van der Waals surface area (Å²) in [5.41, 5.74) is 4.47. The minimum atomic E-state index is 0.0304. The second kappa shape index (κ2) is 9.50. The summed E-state index contributed by atoms with van der Waals surface area (Å²) < 4.78 is 1.78. The van der Waals surface area contributed by atoms with Crippen LogP contribution in [-0.2, 0) is 17.9 Å². The number of amides is 1. The molecule has 30 heavy (non-hydrogen) atoms. The number of aromatic nitrogens is 3. The molecule has 0 spiro atoms. The molecule has 0 bridgehead atoms. The van der Waals surface area contributed by atoms with Gasteiger partial charge in [-0.25, -0.2) is 4.68 Å². The van der Waals surface area contributed by atoms with Crippen LogP contribution in [-0.4, -0.2) is 56.9 Å². The van der Waals surface area contributed by atoms with Crippen molar-refractivity contribution in [3.8, 4) is 0 Å². The van der Waals surface area contributed by atoms with Crippen molar-refractivity contribution in [2.75, 3.05) is 26.2 Å². The number of hydrogen-bond acceptors (Lipinski definition) is 4. The summed E-state index contributed by atoms with van der Waals surface area (Å²) in [5, 5.41) is 8.28. The van der Waals surface area contributed by atoms with Gasteiger partial charge < -0.3 is 4.90 Å². The molecule has 1 aromatic heterocycles. The zero-order valence-electron chi connectivity index (χ0n) is 17.3. The molecule has 0 aliphatic carbocycles. The van der Waals surface area contributed by atoms with Crippen LogP contribution in [0, 0.1) is 6.92 Å². The number of aryl methyl sites for hydroxylation is 1. The minimum absolute atomic E-state index is 0.0304. The van der Waals surface area contributed by atoms with E-state index in [0.29, 0.717) is 12.2 Å². The molecule has 2 aromatic carbocycles. The van der Waals surface area contributed by atoms with Gasteiger partial charge in [0.2, 0.25) is 5.91 Å². The van der Waals surface area contributed by atoms with Crippen molar-refractivity contribution in [1.82, 2.24) is 24.8 Å². The van der Waals surface area contributed by atoms with Gasteiger partial charge in [-0.15, -0.1) is 5.10 Å². The molecule has 1 saturated heterocycles. The van der Waals surface area contributed by atoms with Crippen LogP contribution in [0.15, 0.2) is 66.9 Å². The maximum absolute atomic E-state index is 12.5. The number of nitrogens with zero attached hydrogens (tertiary/aromatic N) is 5. The van der Waals surface area contributed by atoms with Gasteiger partial charge in [-0.3, -0.25) is 9.69 Å². The van der Waals surface area contributed by atoms with E-state index in [1.807, 2.05) is 29.3 Å². The quantitative estimate of drug-likeness (QED) is 0.596. The Morgan fingerprint density at radius 3 is 2.50 bits per heavy atom. The third kappa shape index (κ3) is 5.42. The third-order valence-corrected chi connectivity index (χ3v) is 5.31. The summed E-state index contributed by atoms with van der Waals surface area (Å²) in [7, 11) is 0. The van der Waals surface area contributed by atoms with Gasteiger partial charge in [-0.1, -0.05) is 65.4 Å². The van der Waals surface area contributed by atoms with Gasteiger partial charge in [0.25, 0.3) is 0 Å². The van der Waals surface area contributed by atoms with Crippen molar-refractivity contribution in [3.05, 3.63) is 89.3 Å². The number of carbonyl (C=O) groups excluding carboxylic acids is 1. The summed E-state index contributed by atoms with van der Waals surface area (Å²) in [6.07, 6.45) is 5.21. The first-order chi connectivity index (χ1) is 14.7. The van der Waals surface area contributed by atoms with E-state index in [2.05, 4.69) is 58.5 Å². The minimum Gasteiger partial charge on any atom is -0.337 e. The number of piperazine rings is 1. The molecule has 0 saturated carbocycles. The Labute approximate surface area is 177 Å². The summed E-state index contributed by atoms with van der Waals surface area (Å²) in [6.45, 7) is 6.99. The number of carbonyl (C=O) groups is 1. The van der Waals surface area contributed by atoms with E-state index in [1.165, 1.54) is 11.1 Å². The lowest BCUT2D eigenvalue weighted by molar-refractivity contribution is -0.127. The summed E-state index contributed by atoms with van der Waals surface area (Å²) >= 11 is 0. The molecule has 154 valence electrons. The molecule has 0 unspecified atom stereocenters. The molecule has 0 atom stereocenters. The van der Waals surface area contributed by atoms with Crippen LogP contribution in [0.2, 0.25) is 0 Å². The highest BCUT2D eigenvalue weighted by Crippen LogP contribution is 2.11. The van der Waals surface area contributed by atoms with E-state index in [-0.39, 0.29) is 5.91 Å². The second-order valence-electron chi connectivity index (χ2n) is 7.75. The largest absolute Gasteiger partial charge is 0.337 e. The van der Waals surface area contributed by atoms with Crippen LogP contribution in [0.25, 0.3) is 6.08 Å². The van der Waals surface area contributed by atoms with Crippen molar-refractivity contribution in [1.29, 1.82) is 0 Å². The number of hydrogen-bond donors (Lipinski definition) is 0. The summed E-state index contributed by atoms with van der Waals surface area (Å²) in [4.78, 5) is 16.8. The van der Waals surface area contributed by atoms with Crippen LogP contribution >= 0.6 is 0 Å². The molecule has 4 rings (SSSR count). The molecule has 0 radical (unpaired) electrons. The Hall–Kier alpha value is -3.25. The van der Waals surface area contributed by atoms with Crippen molar-refractivity contribution >= 4 is 12.0 Å². The molecule has 1 fully saturated rings. The number of rotatable bonds is 6. The zero-order valence-corrected chi connectivity index (χ0v) is 17.3. The maximum atomic E-state index is 12.5. The average Bonchev–Trinajstić information content (AvgIpc) is 3.20. The fourth-order valence-electron chi connectivity index (χ4n) is 3.69. The van der Waals surface area contributed by atoms with E-state index in [0.717, 1.165) is 38.3 Å². The molecule has 2 heterocycles. The predicted molar refractivity (Wildman–Crippen MR) is 118 cm³/mol. The van der Waals surface area contributed by atoms with Gasteiger partial charge in [0, 0.05) is 38.8 Å². The Balaban J connectivity index is 1.26. The van der Waals surface area contributed by atoms with Crippen molar-refractivity contribution < 1.29 is 4.79 Å². The highest BCUT2D eigenvalue weighted by Gasteiger charge is 2.19. The van der Waals surface area contributed by atoms with E-state index in [1.54, 1.807) is 16.8 Å². The zero-order chi connectivity index (χ0) is 20.8. The fraction of sp³-hybridized carbons (Fsp3) is 0.292. The fourth-order valence-corrected chi connectivity index (χ4v) is 3.69. The van der Waals surface area contributed by atoms with Crippen LogP contribution in [0.1, 0.15) is 22.4 Å². The lowest BCUT2D eigenvalue weighted by Crippen LogP contribution is -2.47. The lowest BCUT2D eigenvalue weighted by atomic mass is 10.1. The van der Waals surface area contributed by atoms with Gasteiger partial charge >= 0.3 is 0 Å². The van der Waals surface area contributed by atoms with E-state index < -0.39 is 0 Å². The van der Waals surface area contributed by atoms with Crippen LogP contribution in [0.5, 0.6) is 0 Å². The monoisotopic (exact) mass is 401 g/mol. The van der Waals surface area contributed by atoms with Gasteiger partial charge in [-0.05, 0) is 24.1 Å². The van der Waals surface area contributed by atoms with E-state index in [9.17, 15) is 4.79 Å². The molecule has 6 heteroatoms. The van der Waals surface area contributed by atoms with Gasteiger partial charge in [0.1, 0.15) is 5.69 Å². The first-order valence-electron chi connectivity index (χ1n) is 10.3. The first kappa shape index (κ1) is 20.0. The van der Waals surface area contributed by atoms with Crippen LogP contribution < -0.4 is 0 Å². The molecule has 1 aliphatic rings. The smallest absolute Gasteiger partial charge is 0.246 e. The average molecular weight is 402 g/mol. The SMILES string of the molecule is Cc1cccc(CN2CCN(C(=O)/C=C/c3cn(Cc4ccccc4)nn3)CC2)c1. The van der Waals surface area contributed by atoms with Crippen LogP contribution in [0.3, 0.4) is 0 Å². The van der Waals surface area contributed by atoms with E-state index in [4.69, 9.17) is 0 Å². The predicted octanol–water partition coefficient (Wildman–Crippen LogP) is 2.99. The molecule has 3 aromatic rings. The normalized spacial score (nSPS) is 15.0. The molecular weight excluding hydrogens is 374 g/mol. The number of benzene rings is 2. The standard InChI is InChI=1S/C24H27N5O/c1-20-6-5-9-22(16-20)17-27-12-14-28(15-13-27)24(30)11-10-23-19-29(26-25-23)18-21-7-3-2-4-8-21/h2-11,16,19H,12-15,17-18H2,1H3/b11-10+. The van der Waals surface area contributed by atoms with Gasteiger partial charge in [-0.2, -0.15) is 0 Å². The Bertz CT molecular complexity index is 1000.